The molecule has 0 spiro atoms. The summed E-state index contributed by atoms with van der Waals surface area (Å²) in [6, 6.07) is 10.5. The van der Waals surface area contributed by atoms with Crippen LogP contribution in [0, 0.1) is 11.6 Å². The molecule has 0 aliphatic heterocycles. The van der Waals surface area contributed by atoms with Gasteiger partial charge in [-0.1, -0.05) is 12.1 Å². The number of hydrogen-bond donors (Lipinski definition) is 1. The van der Waals surface area contributed by atoms with Crippen molar-refractivity contribution >= 4 is 11.4 Å². The first-order valence-electron chi connectivity index (χ1n) is 5.96. The summed E-state index contributed by atoms with van der Waals surface area (Å²) in [6.07, 6.45) is -0.719. The molecule has 0 bridgehead atoms. The molecule has 2 aromatic carbocycles. The van der Waals surface area contributed by atoms with Crippen molar-refractivity contribution in [3.63, 3.8) is 0 Å². The first-order chi connectivity index (χ1) is 8.99. The Morgan fingerprint density at radius 3 is 2.42 bits per heavy atom. The van der Waals surface area contributed by atoms with E-state index in [9.17, 15) is 13.9 Å². The van der Waals surface area contributed by atoms with Crippen LogP contribution in [0.15, 0.2) is 42.5 Å². The van der Waals surface area contributed by atoms with Crippen molar-refractivity contribution in [2.45, 2.75) is 13.0 Å². The van der Waals surface area contributed by atoms with Gasteiger partial charge in [0.15, 0.2) is 0 Å². The first kappa shape index (κ1) is 13.5. The fraction of sp³-hybridized carbons (Fsp3) is 0.200. The molecule has 100 valence electrons. The Morgan fingerprint density at radius 1 is 1.11 bits per heavy atom. The van der Waals surface area contributed by atoms with E-state index in [1.807, 2.05) is 0 Å². The van der Waals surface area contributed by atoms with Gasteiger partial charge in [0, 0.05) is 12.7 Å². The van der Waals surface area contributed by atoms with E-state index in [4.69, 9.17) is 0 Å². The molecule has 2 aromatic rings. The second-order valence-corrected chi connectivity index (χ2v) is 4.43. The second kappa shape index (κ2) is 5.36. The van der Waals surface area contributed by atoms with Crippen LogP contribution in [0.1, 0.15) is 18.6 Å². The summed E-state index contributed by atoms with van der Waals surface area (Å²) in [5.41, 5.74) is 1.40. The Hall–Kier alpha value is -1.94. The third-order valence-electron chi connectivity index (χ3n) is 3.01. The topological polar surface area (TPSA) is 23.5 Å². The molecular weight excluding hydrogens is 248 g/mol. The van der Waals surface area contributed by atoms with Gasteiger partial charge in [0.25, 0.3) is 0 Å². The van der Waals surface area contributed by atoms with Crippen molar-refractivity contribution in [3.8, 4) is 0 Å². The highest BCUT2D eigenvalue weighted by Crippen LogP contribution is 2.28. The number of halogens is 2. The predicted molar refractivity (Wildman–Crippen MR) is 71.5 cm³/mol. The lowest BCUT2D eigenvalue weighted by Gasteiger charge is -2.21. The molecule has 0 heterocycles. The molecule has 0 saturated carbocycles. The Kier molecular flexibility index (Phi) is 3.81. The normalized spacial score (nSPS) is 12.3. The van der Waals surface area contributed by atoms with E-state index in [1.54, 1.807) is 43.1 Å². The highest BCUT2D eigenvalue weighted by atomic mass is 19.1. The van der Waals surface area contributed by atoms with E-state index in [2.05, 4.69) is 0 Å². The number of nitrogens with zero attached hydrogens (tertiary/aromatic N) is 1. The van der Waals surface area contributed by atoms with Crippen LogP contribution < -0.4 is 4.90 Å². The average Bonchev–Trinajstić information content (AvgIpc) is 2.37. The van der Waals surface area contributed by atoms with Crippen LogP contribution in [0.2, 0.25) is 0 Å². The lowest BCUT2D eigenvalue weighted by atomic mass is 10.1. The maximum absolute atomic E-state index is 14.0. The molecule has 0 fully saturated rings. The van der Waals surface area contributed by atoms with Crippen molar-refractivity contribution in [3.05, 3.63) is 59.7 Å². The molecule has 0 amide bonds. The minimum atomic E-state index is -0.719. The fourth-order valence-electron chi connectivity index (χ4n) is 1.88. The zero-order valence-electron chi connectivity index (χ0n) is 10.8. The van der Waals surface area contributed by atoms with Crippen LogP contribution in [-0.4, -0.2) is 12.2 Å². The van der Waals surface area contributed by atoms with Gasteiger partial charge >= 0.3 is 0 Å². The molecule has 19 heavy (non-hydrogen) atoms. The van der Waals surface area contributed by atoms with E-state index < -0.39 is 11.9 Å². The standard InChI is InChI=1S/C15H15F2NO/c1-10(19)11-6-7-15(14(17)8-11)18(2)13-5-3-4-12(16)9-13/h3-10,19H,1-2H3/t10-/m1/s1. The number of aliphatic hydroxyl groups excluding tert-OH is 1. The summed E-state index contributed by atoms with van der Waals surface area (Å²) in [5, 5.41) is 9.40. The summed E-state index contributed by atoms with van der Waals surface area (Å²) < 4.78 is 27.2. The highest BCUT2D eigenvalue weighted by Gasteiger charge is 2.12. The van der Waals surface area contributed by atoms with Crippen LogP contribution in [0.25, 0.3) is 0 Å². The van der Waals surface area contributed by atoms with Gasteiger partial charge in [-0.15, -0.1) is 0 Å². The van der Waals surface area contributed by atoms with Crippen molar-refractivity contribution in [1.29, 1.82) is 0 Å². The summed E-state index contributed by atoms with van der Waals surface area (Å²) in [7, 11) is 1.66. The van der Waals surface area contributed by atoms with Crippen LogP contribution in [0.4, 0.5) is 20.2 Å². The van der Waals surface area contributed by atoms with Gasteiger partial charge < -0.3 is 10.0 Å². The number of anilines is 2. The van der Waals surface area contributed by atoms with Gasteiger partial charge in [0.2, 0.25) is 0 Å². The summed E-state index contributed by atoms with van der Waals surface area (Å²) in [5.74, 6) is -0.824. The number of aliphatic hydroxyl groups is 1. The highest BCUT2D eigenvalue weighted by molar-refractivity contribution is 5.63. The Morgan fingerprint density at radius 2 is 1.84 bits per heavy atom. The zero-order chi connectivity index (χ0) is 14.0. The van der Waals surface area contributed by atoms with Crippen molar-refractivity contribution in [1.82, 2.24) is 0 Å². The molecule has 2 rings (SSSR count). The van der Waals surface area contributed by atoms with Crippen molar-refractivity contribution in [2.75, 3.05) is 11.9 Å². The largest absolute Gasteiger partial charge is 0.389 e. The van der Waals surface area contributed by atoms with E-state index >= 15 is 0 Å². The number of rotatable bonds is 3. The minimum Gasteiger partial charge on any atom is -0.389 e. The predicted octanol–water partition coefficient (Wildman–Crippen LogP) is 3.79. The van der Waals surface area contributed by atoms with Crippen molar-refractivity contribution in [2.24, 2.45) is 0 Å². The average molecular weight is 263 g/mol. The van der Waals surface area contributed by atoms with Crippen LogP contribution >= 0.6 is 0 Å². The number of benzene rings is 2. The fourth-order valence-corrected chi connectivity index (χ4v) is 1.88. The molecular formula is C15H15F2NO. The van der Waals surface area contributed by atoms with E-state index in [0.29, 0.717) is 16.9 Å². The molecule has 2 nitrogen and oxygen atoms in total. The number of hydrogen-bond acceptors (Lipinski definition) is 2. The molecule has 0 unspecified atom stereocenters. The quantitative estimate of drug-likeness (QED) is 0.910. The van der Waals surface area contributed by atoms with Gasteiger partial charge in [-0.25, -0.2) is 8.78 Å². The first-order valence-corrected chi connectivity index (χ1v) is 5.96. The SMILES string of the molecule is C[C@@H](O)c1ccc(N(C)c2cccc(F)c2)c(F)c1. The van der Waals surface area contributed by atoms with E-state index in [-0.39, 0.29) is 5.82 Å². The van der Waals surface area contributed by atoms with Gasteiger partial charge in [0.05, 0.1) is 11.8 Å². The lowest BCUT2D eigenvalue weighted by molar-refractivity contribution is 0.199. The van der Waals surface area contributed by atoms with Gasteiger partial charge in [0.1, 0.15) is 11.6 Å². The molecule has 0 saturated heterocycles. The smallest absolute Gasteiger partial charge is 0.147 e. The van der Waals surface area contributed by atoms with Crippen LogP contribution in [-0.2, 0) is 0 Å². The molecule has 0 aliphatic carbocycles. The minimum absolute atomic E-state index is 0.329. The lowest BCUT2D eigenvalue weighted by Crippen LogP contribution is -2.11. The summed E-state index contributed by atoms with van der Waals surface area (Å²) in [4.78, 5) is 1.56. The second-order valence-electron chi connectivity index (χ2n) is 4.43. The maximum Gasteiger partial charge on any atom is 0.147 e. The summed E-state index contributed by atoms with van der Waals surface area (Å²) >= 11 is 0. The van der Waals surface area contributed by atoms with Crippen LogP contribution in [0.5, 0.6) is 0 Å². The third kappa shape index (κ3) is 2.90. The van der Waals surface area contributed by atoms with Gasteiger partial charge in [-0.3, -0.25) is 0 Å². The van der Waals surface area contributed by atoms with E-state index in [1.165, 1.54) is 18.2 Å². The Bertz CT molecular complexity index is 584. The van der Waals surface area contributed by atoms with Crippen LogP contribution in [0.3, 0.4) is 0 Å². The summed E-state index contributed by atoms with van der Waals surface area (Å²) in [6.45, 7) is 1.57. The molecule has 4 heteroatoms. The third-order valence-corrected chi connectivity index (χ3v) is 3.01. The Balaban J connectivity index is 2.36. The molecule has 0 aromatic heterocycles. The zero-order valence-corrected chi connectivity index (χ0v) is 10.8. The van der Waals surface area contributed by atoms with Crippen molar-refractivity contribution < 1.29 is 13.9 Å². The van der Waals surface area contributed by atoms with Gasteiger partial charge in [-0.05, 0) is 42.8 Å². The monoisotopic (exact) mass is 263 g/mol. The molecule has 0 radical (unpaired) electrons. The molecule has 0 aliphatic rings. The molecule has 1 atom stereocenters. The van der Waals surface area contributed by atoms with E-state index in [0.717, 1.165) is 0 Å². The Labute approximate surface area is 110 Å². The maximum atomic E-state index is 14.0. The molecule has 1 N–H and O–H groups in total. The van der Waals surface area contributed by atoms with Gasteiger partial charge in [-0.2, -0.15) is 0 Å².